The van der Waals surface area contributed by atoms with E-state index in [9.17, 15) is 8.78 Å². The molecule has 0 aliphatic carbocycles. The summed E-state index contributed by atoms with van der Waals surface area (Å²) in [6.45, 7) is -2.85. The van der Waals surface area contributed by atoms with Gasteiger partial charge in [-0.25, -0.2) is 4.98 Å². The number of anilines is 1. The van der Waals surface area contributed by atoms with E-state index < -0.39 is 6.61 Å². The first kappa shape index (κ1) is 8.74. The summed E-state index contributed by atoms with van der Waals surface area (Å²) in [5.41, 5.74) is 6.99. The van der Waals surface area contributed by atoms with E-state index in [-0.39, 0.29) is 5.75 Å². The fourth-order valence-corrected chi connectivity index (χ4v) is 1.22. The molecular formula is C8H7F2N3O. The van der Waals surface area contributed by atoms with Crippen LogP contribution in [-0.4, -0.2) is 16.6 Å². The molecule has 2 rings (SSSR count). The molecule has 1 aromatic carbocycles. The molecule has 0 bridgehead atoms. The molecule has 2 aromatic rings. The monoisotopic (exact) mass is 199 g/mol. The summed E-state index contributed by atoms with van der Waals surface area (Å²) in [5.74, 6) is 0.0225. The molecule has 0 saturated carbocycles. The molecule has 0 aliphatic rings. The minimum atomic E-state index is -2.85. The van der Waals surface area contributed by atoms with E-state index in [0.29, 0.717) is 16.7 Å². The zero-order valence-corrected chi connectivity index (χ0v) is 7.00. The Morgan fingerprint density at radius 2 is 2.21 bits per heavy atom. The van der Waals surface area contributed by atoms with Crippen LogP contribution in [0, 0.1) is 0 Å². The summed E-state index contributed by atoms with van der Waals surface area (Å²) < 4.78 is 28.0. The Labute approximate surface area is 77.7 Å². The van der Waals surface area contributed by atoms with Crippen LogP contribution >= 0.6 is 0 Å². The van der Waals surface area contributed by atoms with Crippen LogP contribution in [0.2, 0.25) is 0 Å². The van der Waals surface area contributed by atoms with Crippen molar-refractivity contribution in [3.05, 3.63) is 18.5 Å². The van der Waals surface area contributed by atoms with Crippen LogP contribution in [0.15, 0.2) is 18.5 Å². The molecule has 74 valence electrons. The zero-order chi connectivity index (χ0) is 10.1. The lowest BCUT2D eigenvalue weighted by Crippen LogP contribution is -2.02. The number of alkyl halides is 2. The molecule has 14 heavy (non-hydrogen) atoms. The van der Waals surface area contributed by atoms with Gasteiger partial charge in [-0.15, -0.1) is 0 Å². The number of nitrogens with two attached hydrogens (primary N) is 1. The van der Waals surface area contributed by atoms with Crippen molar-refractivity contribution in [1.82, 2.24) is 9.97 Å². The lowest BCUT2D eigenvalue weighted by atomic mass is 10.2. The van der Waals surface area contributed by atoms with Crippen molar-refractivity contribution in [2.75, 3.05) is 5.73 Å². The Bertz CT molecular complexity index is 455. The molecule has 4 nitrogen and oxygen atoms in total. The second-order valence-corrected chi connectivity index (χ2v) is 2.69. The van der Waals surface area contributed by atoms with Gasteiger partial charge in [-0.05, 0) is 0 Å². The summed E-state index contributed by atoms with van der Waals surface area (Å²) in [7, 11) is 0. The van der Waals surface area contributed by atoms with Crippen molar-refractivity contribution in [3.8, 4) is 5.75 Å². The first-order valence-corrected chi connectivity index (χ1v) is 3.84. The van der Waals surface area contributed by atoms with Gasteiger partial charge in [0, 0.05) is 12.1 Å². The maximum Gasteiger partial charge on any atom is 0.387 e. The highest BCUT2D eigenvalue weighted by molar-refractivity contribution is 5.88. The minimum absolute atomic E-state index is 0.0225. The Kier molecular flexibility index (Phi) is 1.95. The zero-order valence-electron chi connectivity index (χ0n) is 7.00. The number of hydrogen-bond acceptors (Lipinski definition) is 3. The number of benzene rings is 1. The number of nitrogens with one attached hydrogen (secondary N) is 1. The van der Waals surface area contributed by atoms with Crippen molar-refractivity contribution >= 4 is 16.7 Å². The Morgan fingerprint density at radius 1 is 1.43 bits per heavy atom. The van der Waals surface area contributed by atoms with Gasteiger partial charge in [0.1, 0.15) is 11.3 Å². The Morgan fingerprint density at radius 3 is 2.93 bits per heavy atom. The maximum absolute atomic E-state index is 11.9. The first-order valence-electron chi connectivity index (χ1n) is 3.84. The van der Waals surface area contributed by atoms with Crippen LogP contribution in [0.4, 0.5) is 14.5 Å². The van der Waals surface area contributed by atoms with Gasteiger partial charge in [0.05, 0.1) is 17.5 Å². The van der Waals surface area contributed by atoms with E-state index in [1.54, 1.807) is 0 Å². The number of rotatable bonds is 2. The summed E-state index contributed by atoms with van der Waals surface area (Å²) in [6.07, 6.45) is 1.44. The third-order valence-electron chi connectivity index (χ3n) is 1.75. The number of H-pyrrole nitrogens is 1. The van der Waals surface area contributed by atoms with Crippen molar-refractivity contribution in [1.29, 1.82) is 0 Å². The summed E-state index contributed by atoms with van der Waals surface area (Å²) in [4.78, 5) is 6.67. The van der Waals surface area contributed by atoms with Crippen molar-refractivity contribution in [2.24, 2.45) is 0 Å². The molecule has 0 aliphatic heterocycles. The molecule has 0 saturated heterocycles. The predicted octanol–water partition coefficient (Wildman–Crippen LogP) is 1.75. The molecule has 0 spiro atoms. The summed E-state index contributed by atoms with van der Waals surface area (Å²) in [6, 6.07) is 2.74. The lowest BCUT2D eigenvalue weighted by molar-refractivity contribution is -0.0497. The largest absolute Gasteiger partial charge is 0.435 e. The van der Waals surface area contributed by atoms with Crippen molar-refractivity contribution in [3.63, 3.8) is 0 Å². The molecule has 0 fully saturated rings. The van der Waals surface area contributed by atoms with Gasteiger partial charge in [0.25, 0.3) is 0 Å². The number of nitrogen functional groups attached to an aromatic ring is 1. The second-order valence-electron chi connectivity index (χ2n) is 2.69. The van der Waals surface area contributed by atoms with Crippen LogP contribution in [0.1, 0.15) is 0 Å². The van der Waals surface area contributed by atoms with Gasteiger partial charge >= 0.3 is 6.61 Å². The second kappa shape index (κ2) is 3.13. The Hall–Kier alpha value is -1.85. The highest BCUT2D eigenvalue weighted by Gasteiger charge is 2.08. The fraction of sp³-hybridized carbons (Fsp3) is 0.125. The van der Waals surface area contributed by atoms with E-state index in [1.807, 2.05) is 0 Å². The number of imidazole rings is 1. The average Bonchev–Trinajstić information content (AvgIpc) is 2.50. The number of hydrogen-bond donors (Lipinski definition) is 2. The van der Waals surface area contributed by atoms with Crippen molar-refractivity contribution < 1.29 is 13.5 Å². The van der Waals surface area contributed by atoms with Gasteiger partial charge in [-0.1, -0.05) is 0 Å². The summed E-state index contributed by atoms with van der Waals surface area (Å²) in [5, 5.41) is 0. The van der Waals surface area contributed by atoms with Gasteiger partial charge in [-0.3, -0.25) is 0 Å². The summed E-state index contributed by atoms with van der Waals surface area (Å²) >= 11 is 0. The molecule has 0 radical (unpaired) electrons. The molecule has 0 amide bonds. The molecule has 3 N–H and O–H groups in total. The van der Waals surface area contributed by atoms with Gasteiger partial charge in [0.2, 0.25) is 0 Å². The number of halogens is 2. The van der Waals surface area contributed by atoms with E-state index in [4.69, 9.17) is 5.73 Å². The molecule has 6 heteroatoms. The number of fused-ring (bicyclic) bond motifs is 1. The van der Waals surface area contributed by atoms with Crippen molar-refractivity contribution in [2.45, 2.75) is 6.61 Å². The average molecular weight is 199 g/mol. The Balaban J connectivity index is 2.47. The topological polar surface area (TPSA) is 63.9 Å². The quantitative estimate of drug-likeness (QED) is 0.724. The lowest BCUT2D eigenvalue weighted by Gasteiger charge is -2.05. The number of aromatic nitrogens is 2. The van der Waals surface area contributed by atoms with Gasteiger partial charge in [-0.2, -0.15) is 8.78 Å². The van der Waals surface area contributed by atoms with Gasteiger partial charge in [0.15, 0.2) is 0 Å². The highest BCUT2D eigenvalue weighted by atomic mass is 19.3. The number of aromatic amines is 1. The minimum Gasteiger partial charge on any atom is -0.435 e. The highest BCUT2D eigenvalue weighted by Crippen LogP contribution is 2.25. The van der Waals surface area contributed by atoms with E-state index in [1.165, 1.54) is 18.5 Å². The van der Waals surface area contributed by atoms with E-state index in [0.717, 1.165) is 0 Å². The normalized spacial score (nSPS) is 11.1. The number of nitrogens with zero attached hydrogens (tertiary/aromatic N) is 1. The van der Waals surface area contributed by atoms with Crippen LogP contribution in [0.3, 0.4) is 0 Å². The molecule has 0 atom stereocenters. The molecule has 1 aromatic heterocycles. The van der Waals surface area contributed by atoms with Crippen LogP contribution in [0.25, 0.3) is 11.0 Å². The predicted molar refractivity (Wildman–Crippen MR) is 47.1 cm³/mol. The first-order chi connectivity index (χ1) is 6.66. The van der Waals surface area contributed by atoms with Gasteiger partial charge < -0.3 is 15.5 Å². The third kappa shape index (κ3) is 1.46. The molecule has 0 unspecified atom stereocenters. The van der Waals surface area contributed by atoms with Crippen LogP contribution < -0.4 is 10.5 Å². The molecule has 1 heterocycles. The number of ether oxygens (including phenoxy) is 1. The fourth-order valence-electron chi connectivity index (χ4n) is 1.22. The SMILES string of the molecule is Nc1cc(OC(F)F)cc2[nH]cnc12. The standard InChI is InChI=1S/C8H7F2N3O/c9-8(10)14-4-1-5(11)7-6(2-4)12-3-13-7/h1-3,8H,11H2,(H,12,13). The van der Waals surface area contributed by atoms with Crippen LogP contribution in [0.5, 0.6) is 5.75 Å². The third-order valence-corrected chi connectivity index (χ3v) is 1.75. The van der Waals surface area contributed by atoms with Crippen LogP contribution in [-0.2, 0) is 0 Å². The maximum atomic E-state index is 11.9. The molecular weight excluding hydrogens is 192 g/mol. The van der Waals surface area contributed by atoms with E-state index in [2.05, 4.69) is 14.7 Å². The van der Waals surface area contributed by atoms with E-state index >= 15 is 0 Å². The smallest absolute Gasteiger partial charge is 0.387 e.